The molecule has 3 heterocycles. The summed E-state index contributed by atoms with van der Waals surface area (Å²) in [6.07, 6.45) is 2.06. The number of allylic oxidation sites excluding steroid dienone is 2. The summed E-state index contributed by atoms with van der Waals surface area (Å²) in [6.45, 7) is 2.01. The third-order valence-corrected chi connectivity index (χ3v) is 6.31. The Labute approximate surface area is 196 Å². The Balaban J connectivity index is 1.54. The van der Waals surface area contributed by atoms with Gasteiger partial charge in [-0.05, 0) is 30.2 Å². The molecule has 0 unspecified atom stereocenters. The first-order valence-electron chi connectivity index (χ1n) is 11.1. The average Bonchev–Trinajstić information content (AvgIpc) is 3.25. The normalized spacial score (nSPS) is 13.4. The molecule has 0 bridgehead atoms. The van der Waals surface area contributed by atoms with Crippen molar-refractivity contribution >= 4 is 28.2 Å². The number of benzene rings is 3. The molecule has 0 saturated carbocycles. The van der Waals surface area contributed by atoms with Crippen molar-refractivity contribution in [1.82, 2.24) is 19.7 Å². The maximum atomic E-state index is 13.9. The average molecular weight is 444 g/mol. The van der Waals surface area contributed by atoms with Crippen LogP contribution in [0.25, 0.3) is 38.9 Å². The molecule has 1 aliphatic rings. The minimum Gasteiger partial charge on any atom is -0.383 e. The van der Waals surface area contributed by atoms with Gasteiger partial charge in [0, 0.05) is 28.5 Å². The molecule has 0 spiro atoms. The fourth-order valence-electron chi connectivity index (χ4n) is 4.72. The van der Waals surface area contributed by atoms with Crippen LogP contribution in [0.1, 0.15) is 23.0 Å². The Hall–Kier alpha value is -4.58. The predicted molar refractivity (Wildman–Crippen MR) is 134 cm³/mol. The van der Waals surface area contributed by atoms with Crippen LogP contribution in [0.4, 0.5) is 5.82 Å². The van der Waals surface area contributed by atoms with Gasteiger partial charge in [0.2, 0.25) is 0 Å². The van der Waals surface area contributed by atoms with Gasteiger partial charge < -0.3 is 5.73 Å². The van der Waals surface area contributed by atoms with Crippen LogP contribution in [0.15, 0.2) is 90.8 Å². The fraction of sp³-hybridized carbons (Fsp3) is 0.0714. The quantitative estimate of drug-likeness (QED) is 0.403. The smallest absolute Gasteiger partial charge is 0.279 e. The molecular weight excluding hydrogens is 422 g/mol. The van der Waals surface area contributed by atoms with Crippen molar-refractivity contribution in [2.24, 2.45) is 0 Å². The van der Waals surface area contributed by atoms with Crippen LogP contribution >= 0.6 is 0 Å². The lowest BCUT2D eigenvalue weighted by Crippen LogP contribution is -2.23. The Bertz CT molecular complexity index is 1600. The van der Waals surface area contributed by atoms with Crippen molar-refractivity contribution in [3.05, 3.63) is 102 Å². The molecule has 34 heavy (non-hydrogen) atoms. The number of carbonyl (C=O) groups excluding carboxylic acids is 1. The lowest BCUT2D eigenvalue weighted by molar-refractivity contribution is 0.0958. The second kappa shape index (κ2) is 7.78. The lowest BCUT2D eigenvalue weighted by atomic mass is 9.90. The topological polar surface area (TPSA) is 86.7 Å². The van der Waals surface area contributed by atoms with E-state index in [9.17, 15) is 4.79 Å². The first kappa shape index (κ1) is 20.1. The van der Waals surface area contributed by atoms with Crippen molar-refractivity contribution in [3.63, 3.8) is 0 Å². The molecule has 0 atom stereocenters. The van der Waals surface area contributed by atoms with Crippen LogP contribution in [0.2, 0.25) is 0 Å². The van der Waals surface area contributed by atoms with E-state index in [0.29, 0.717) is 17.8 Å². The monoisotopic (exact) mass is 443 g/mol. The minimum absolute atomic E-state index is 0.145. The van der Waals surface area contributed by atoms with E-state index in [4.69, 9.17) is 10.8 Å². The van der Waals surface area contributed by atoms with Gasteiger partial charge in [0.1, 0.15) is 17.8 Å². The number of aromatic nitrogens is 4. The van der Waals surface area contributed by atoms with Crippen molar-refractivity contribution in [3.8, 4) is 22.4 Å². The fourth-order valence-corrected chi connectivity index (χ4v) is 4.72. The summed E-state index contributed by atoms with van der Waals surface area (Å²) in [6, 6.07) is 25.8. The van der Waals surface area contributed by atoms with E-state index in [2.05, 4.69) is 22.1 Å². The van der Waals surface area contributed by atoms with Crippen LogP contribution < -0.4 is 5.73 Å². The van der Waals surface area contributed by atoms with Gasteiger partial charge in [-0.1, -0.05) is 72.3 Å². The van der Waals surface area contributed by atoms with E-state index in [1.807, 2.05) is 73.7 Å². The molecule has 164 valence electrons. The van der Waals surface area contributed by atoms with Crippen molar-refractivity contribution in [1.29, 1.82) is 0 Å². The number of nitrogens with two attached hydrogens (primary N) is 1. The number of anilines is 1. The zero-order chi connectivity index (χ0) is 23.2. The van der Waals surface area contributed by atoms with Gasteiger partial charge in [0.25, 0.3) is 5.91 Å². The van der Waals surface area contributed by atoms with E-state index in [-0.39, 0.29) is 5.91 Å². The van der Waals surface area contributed by atoms with Crippen LogP contribution in [0.5, 0.6) is 0 Å². The van der Waals surface area contributed by atoms with Crippen molar-refractivity contribution in [2.45, 2.75) is 13.3 Å². The molecule has 2 N–H and O–H groups in total. The largest absolute Gasteiger partial charge is 0.383 e. The molecule has 0 saturated heterocycles. The second-order valence-electron chi connectivity index (χ2n) is 8.44. The van der Waals surface area contributed by atoms with Crippen LogP contribution in [-0.4, -0.2) is 25.7 Å². The first-order valence-corrected chi connectivity index (χ1v) is 11.1. The highest BCUT2D eigenvalue weighted by atomic mass is 16.2. The lowest BCUT2D eigenvalue weighted by Gasteiger charge is -2.20. The van der Waals surface area contributed by atoms with Gasteiger partial charge in [0.05, 0.1) is 11.2 Å². The van der Waals surface area contributed by atoms with E-state index < -0.39 is 0 Å². The van der Waals surface area contributed by atoms with E-state index in [1.54, 1.807) is 4.68 Å². The van der Waals surface area contributed by atoms with E-state index in [1.165, 1.54) is 6.33 Å². The molecule has 0 fully saturated rings. The number of hydrogen-bond acceptors (Lipinski definition) is 5. The van der Waals surface area contributed by atoms with Crippen molar-refractivity contribution < 1.29 is 4.79 Å². The highest BCUT2D eigenvalue weighted by Crippen LogP contribution is 2.40. The molecule has 6 rings (SSSR count). The summed E-state index contributed by atoms with van der Waals surface area (Å²) in [4.78, 5) is 22.2. The molecule has 0 radical (unpaired) electrons. The van der Waals surface area contributed by atoms with Gasteiger partial charge in [-0.3, -0.25) is 4.79 Å². The number of carbonyl (C=O) groups is 1. The maximum Gasteiger partial charge on any atom is 0.279 e. The Kier molecular flexibility index (Phi) is 4.59. The number of hydrogen-bond donors (Lipinski definition) is 1. The summed E-state index contributed by atoms with van der Waals surface area (Å²) in [7, 11) is 0. The molecule has 0 aliphatic carbocycles. The summed E-state index contributed by atoms with van der Waals surface area (Å²) < 4.78 is 1.57. The van der Waals surface area contributed by atoms with Crippen LogP contribution in [-0.2, 0) is 6.42 Å². The molecule has 5 aromatic rings. The Morgan fingerprint density at radius 2 is 1.56 bits per heavy atom. The zero-order valence-corrected chi connectivity index (χ0v) is 18.6. The summed E-state index contributed by atoms with van der Waals surface area (Å²) in [5, 5.41) is 5.58. The third-order valence-electron chi connectivity index (χ3n) is 6.31. The predicted octanol–water partition coefficient (Wildman–Crippen LogP) is 5.41. The molecule has 6 nitrogen and oxygen atoms in total. The third kappa shape index (κ3) is 3.11. The SMILES string of the molecule is CC1=C(c2ccc3ncnc(N)c3c2)C(=O)n2nc(-c3ccccc3)c(-c3ccccc3)c2C1. The van der Waals surface area contributed by atoms with E-state index in [0.717, 1.165) is 50.1 Å². The molecule has 0 amide bonds. The molecule has 6 heteroatoms. The van der Waals surface area contributed by atoms with Crippen LogP contribution in [0, 0.1) is 0 Å². The number of nitrogen functional groups attached to an aromatic ring is 1. The van der Waals surface area contributed by atoms with Crippen LogP contribution in [0.3, 0.4) is 0 Å². The Morgan fingerprint density at radius 1 is 0.853 bits per heavy atom. The highest BCUT2D eigenvalue weighted by Gasteiger charge is 2.31. The summed E-state index contributed by atoms with van der Waals surface area (Å²) >= 11 is 0. The van der Waals surface area contributed by atoms with Crippen molar-refractivity contribution in [2.75, 3.05) is 5.73 Å². The Morgan fingerprint density at radius 3 is 2.29 bits per heavy atom. The number of nitrogens with zero attached hydrogens (tertiary/aromatic N) is 4. The summed E-state index contributed by atoms with van der Waals surface area (Å²) in [5.41, 5.74) is 14.0. The van der Waals surface area contributed by atoms with Gasteiger partial charge in [-0.25, -0.2) is 9.97 Å². The molecule has 1 aliphatic heterocycles. The van der Waals surface area contributed by atoms with Gasteiger partial charge >= 0.3 is 0 Å². The first-order chi connectivity index (χ1) is 16.6. The van der Waals surface area contributed by atoms with Gasteiger partial charge in [-0.2, -0.15) is 9.78 Å². The van der Waals surface area contributed by atoms with Gasteiger partial charge in [-0.15, -0.1) is 0 Å². The molecule has 3 aromatic carbocycles. The standard InChI is InChI=1S/C28H21N5O/c1-17-14-23-25(18-8-4-2-5-9-18)26(19-10-6-3-7-11-19)32-33(23)28(34)24(17)20-12-13-22-21(15-20)27(29)31-16-30-22/h2-13,15-16H,14H2,1H3,(H2,29,30,31). The molecule has 2 aromatic heterocycles. The molecular formula is C28H21N5O. The maximum absolute atomic E-state index is 13.9. The minimum atomic E-state index is -0.145. The number of fused-ring (bicyclic) bond motifs is 2. The summed E-state index contributed by atoms with van der Waals surface area (Å²) in [5.74, 6) is 0.249. The van der Waals surface area contributed by atoms with Gasteiger partial charge in [0.15, 0.2) is 0 Å². The van der Waals surface area contributed by atoms with E-state index >= 15 is 0 Å². The second-order valence-corrected chi connectivity index (χ2v) is 8.44. The zero-order valence-electron chi connectivity index (χ0n) is 18.6. The highest BCUT2D eigenvalue weighted by molar-refractivity contribution is 6.23. The number of rotatable bonds is 3.